The quantitative estimate of drug-likeness (QED) is 0.0226. The Morgan fingerprint density at radius 1 is 0.312 bits per heavy atom. The van der Waals surface area contributed by atoms with Gasteiger partial charge in [-0.05, 0) is 155 Å². The van der Waals surface area contributed by atoms with Crippen LogP contribution in [0.1, 0.15) is 383 Å². The number of hydrogen-bond donors (Lipinski definition) is 1. The van der Waals surface area contributed by atoms with Crippen molar-refractivity contribution in [3.8, 4) is 72.3 Å². The zero-order valence-corrected chi connectivity index (χ0v) is 108. The summed E-state index contributed by atoms with van der Waals surface area (Å²) < 4.78 is 55.8. The maximum atomic E-state index is 6.87. The Hall–Kier alpha value is -1.67. The maximum Gasteiger partial charge on any atom is 0.214 e. The van der Waals surface area contributed by atoms with Crippen molar-refractivity contribution in [2.75, 3.05) is 26.4 Å². The molecule has 1 N–H and O–H groups in total. The van der Waals surface area contributed by atoms with Gasteiger partial charge in [0.2, 0.25) is 1.43 Å². The van der Waals surface area contributed by atoms with Crippen LogP contribution < -0.4 is 24.7 Å². The van der Waals surface area contributed by atoms with E-state index in [0.717, 1.165) is 132 Å². The molecule has 0 aliphatic heterocycles. The first-order valence-corrected chi connectivity index (χ1v) is 86.7. The van der Waals surface area contributed by atoms with Crippen molar-refractivity contribution in [1.29, 1.82) is 4.05 Å². The number of ether oxygens (including phenoxy) is 4. The summed E-state index contributed by atoms with van der Waals surface area (Å²) in [5.41, 5.74) is 6.03. The average molecular weight is 2500 g/mol. The molecule has 0 saturated heterocycles. The van der Waals surface area contributed by atoms with Crippen molar-refractivity contribution in [2.45, 2.75) is 420 Å². The fourth-order valence-corrected chi connectivity index (χ4v) is 43.5. The second-order valence-corrected chi connectivity index (χ2v) is 87.2. The van der Waals surface area contributed by atoms with Crippen molar-refractivity contribution in [3.63, 3.8) is 0 Å². The fourth-order valence-electron chi connectivity index (χ4n) is 18.3. The average Bonchev–Trinajstić information content (AvgIpc) is 1.58. The molecule has 1 atom stereocenters. The second kappa shape index (κ2) is 64.4. The Bertz CT molecular complexity index is 5760. The molecule has 0 saturated carbocycles. The number of halogens is 2. The van der Waals surface area contributed by atoms with Crippen molar-refractivity contribution in [1.82, 2.24) is 19.9 Å². The zero-order chi connectivity index (χ0) is 103. The number of aromatic nitrogens is 4. The van der Waals surface area contributed by atoms with Gasteiger partial charge in [-0.3, -0.25) is 0 Å². The molecule has 0 spiro atoms. The van der Waals surface area contributed by atoms with Gasteiger partial charge in [-0.1, -0.05) is 244 Å². The number of aryl methyl sites for hydroxylation is 6. The zero-order valence-electron chi connectivity index (χ0n) is 91.3. The number of rotatable bonds is 67. The van der Waals surface area contributed by atoms with Gasteiger partial charge in [-0.15, -0.1) is 68.0 Å². The summed E-state index contributed by atoms with van der Waals surface area (Å²) in [4.78, 5) is 55.5. The van der Waals surface area contributed by atoms with Crippen LogP contribution in [-0.2, 0) is 25.7 Å². The smallest absolute Gasteiger partial charge is 0.214 e. The standard InChI is InChI=1S/C54H74N2O2S6.C28H36N2S4.C26H36Br2O2S2.6CH3.BH3OP.2Sn/c1-7-11-15-19-22-25-29-39-33-37(5)59-47(39)51-55-53-54(63-51)56-52(64-53)48-40(30-26-23-20-16-12-8-2)35-43(61-48)44-36-42-46(58-31-27-18-14-10-4)49-41(34-38(6)60-49)45(50(42)62-44)57-32-28-24-21-17-13-9-3;1-3-5-7-9-11-13-15-21-17-19-31-23(21)25-29-27-28(33-25)30-26(34-27)24-22(18-20-32-24)16-14-12-10-8-6-4-2;1-3-5-7-9-11-13-15-29-23-19-17-21(27)32-26(19)24(20-18-22(28)31-25(20)23)30-16-14-12-10-8-6-4-2;;;;;;;1-3-2;;/h33-36H,7-32H2,1-6H3;17-18H,3-16H2,1-2H3;17-18H,3-16H2,1-2H3;6*1H3;1-3H;;/i;;;;;;;;;1T,2T,3D;;. The number of hydrogen-bond acceptors (Lipinski definition) is 21. The Kier molecular flexibility index (Phi) is 52.4. The summed E-state index contributed by atoms with van der Waals surface area (Å²) in [6.07, 6.45) is 64.1. The summed E-state index contributed by atoms with van der Waals surface area (Å²) in [7, 11) is -0.824. The number of thiazole rings is 4. The molecule has 27 heteroatoms. The molecule has 141 heavy (non-hydrogen) atoms. The molecule has 12 heterocycles. The Morgan fingerprint density at radius 2 is 0.574 bits per heavy atom. The number of nitrogens with zero attached hydrogens (tertiary/aromatic N) is 4. The third kappa shape index (κ3) is 36.8. The molecule has 12 aromatic heterocycles. The Labute approximate surface area is 930 Å². The van der Waals surface area contributed by atoms with Crippen LogP contribution in [0.15, 0.2) is 56.1 Å². The van der Waals surface area contributed by atoms with E-state index >= 15 is 0 Å². The third-order valence-electron chi connectivity index (χ3n) is 26.3. The van der Waals surface area contributed by atoms with E-state index in [0.29, 0.717) is 0 Å². The van der Waals surface area contributed by atoms with Gasteiger partial charge in [0.25, 0.3) is 0 Å². The predicted octanol–water partition coefficient (Wildman–Crippen LogP) is 43.0. The van der Waals surface area contributed by atoms with Crippen molar-refractivity contribution >= 4 is 286 Å². The third-order valence-corrected chi connectivity index (χ3v) is 60.1. The van der Waals surface area contributed by atoms with E-state index in [-0.39, 0.29) is 0 Å². The van der Waals surface area contributed by atoms with E-state index < -0.39 is 45.4 Å². The Morgan fingerprint density at radius 3 is 0.901 bits per heavy atom. The first-order valence-electron chi connectivity index (χ1n) is 55.9. The van der Waals surface area contributed by atoms with E-state index in [1.54, 1.807) is 62.3 Å². The van der Waals surface area contributed by atoms with Crippen LogP contribution in [-0.4, -0.2) is 99.6 Å². The van der Waals surface area contributed by atoms with Crippen molar-refractivity contribution in [2.24, 2.45) is 0 Å². The van der Waals surface area contributed by atoms with E-state index in [1.807, 2.05) is 68.0 Å². The van der Waals surface area contributed by atoms with Crippen molar-refractivity contribution in [3.05, 3.63) is 88.1 Å². The molecule has 1 unspecified atom stereocenters. The first-order chi connectivity index (χ1) is 69.9. The summed E-state index contributed by atoms with van der Waals surface area (Å²) in [6, 6.07) is 19.2. The first kappa shape index (κ1) is 115. The van der Waals surface area contributed by atoms with Crippen LogP contribution >= 0.6 is 177 Å². The second-order valence-electron chi connectivity index (χ2n) is 40.7. The van der Waals surface area contributed by atoms with Gasteiger partial charge in [0.05, 0.1) is 63.8 Å². The van der Waals surface area contributed by atoms with Crippen LogP contribution in [0.3, 0.4) is 0 Å². The summed E-state index contributed by atoms with van der Waals surface area (Å²) in [5.74, 6) is 4.15. The van der Waals surface area contributed by atoms with Gasteiger partial charge in [0.1, 0.15) is 33.0 Å². The molecular weight excluding hydrogens is 2330 g/mol. The number of unbranched alkanes of at least 4 members (excludes halogenated alkanes) is 38. The van der Waals surface area contributed by atoms with Crippen LogP contribution in [0.5, 0.6) is 23.0 Å². The van der Waals surface area contributed by atoms with Gasteiger partial charge in [-0.2, -0.15) is 0 Å². The topological polar surface area (TPSA) is 109 Å². The Balaban J connectivity index is 0.000000213. The number of benzene rings is 2. The molecule has 775 valence electrons. The maximum absolute atomic E-state index is 6.87. The largest absolute Gasteiger partial charge is 0.388 e. The minimum absolute atomic E-state index is 0.749. The fraction of sp³-hybridized carbons (Fsp3) is 0.614. The van der Waals surface area contributed by atoms with Crippen LogP contribution in [0.4, 0.5) is 0 Å². The van der Waals surface area contributed by atoms with E-state index in [1.165, 1.54) is 383 Å². The predicted molar refractivity (Wildman–Crippen MR) is 660 cm³/mol. The molecule has 14 aromatic rings. The van der Waals surface area contributed by atoms with Gasteiger partial charge in [0.15, 0.2) is 17.2 Å². The van der Waals surface area contributed by atoms with Crippen LogP contribution in [0.25, 0.3) is 109 Å². The van der Waals surface area contributed by atoms with Gasteiger partial charge >= 0.3 is 284 Å². The minimum Gasteiger partial charge on any atom is -0.388 e. The molecule has 14 rings (SSSR count). The van der Waals surface area contributed by atoms with E-state index in [4.69, 9.17) is 42.9 Å². The van der Waals surface area contributed by atoms with Crippen LogP contribution in [0, 0.1) is 13.8 Å². The molecule has 0 aliphatic carbocycles. The molecule has 0 bridgehead atoms. The molecule has 1 radical (unpaired) electrons. The minimum atomic E-state index is -2.16. The number of fused-ring (bicyclic) bond motifs is 6. The van der Waals surface area contributed by atoms with Gasteiger partial charge < -0.3 is 23.8 Å². The monoisotopic (exact) mass is 2500 g/mol. The molecule has 9 nitrogen and oxygen atoms in total. The van der Waals surface area contributed by atoms with E-state index in [9.17, 15) is 0 Å². The SMILES string of the molecule is CCCCCCCCOc1c2cc(Br)sc2c(OCCCCCCCC)c2cc(Br)sc12.CCCCCCCCOc1c2cc(C)sc2c(OCCCCCC)c2cc(-c3cc(CCCCCCCC)c(-c4nc5sc(-c6sc(C)cc6CCCCCCCC)nc5s4)s3)sc12.CCCCCCCCc1c[c]([Sn]([CH3])([CH3])[CH3])sc1-c1nc2sc(-c3s[c]([Sn]([CH3])([CH3])[CH3])cc3CCCCCCCC)nc2s1.[2H]P([B][3H])O[3H]. The van der Waals surface area contributed by atoms with Gasteiger partial charge in [0, 0.05) is 41.1 Å². The van der Waals surface area contributed by atoms with Crippen LogP contribution in [0.2, 0.25) is 29.6 Å². The van der Waals surface area contributed by atoms with Gasteiger partial charge in [-0.25, -0.2) is 9.97 Å². The summed E-state index contributed by atoms with van der Waals surface area (Å²) in [5, 5.41) is 9.48. The summed E-state index contributed by atoms with van der Waals surface area (Å²) in [6.45, 7) is 25.8. The molecule has 0 amide bonds. The molecule has 0 fully saturated rings. The molecule has 2 aromatic carbocycles. The summed E-state index contributed by atoms with van der Waals surface area (Å²) >= 11 is 25.6. The molecule has 0 aliphatic rings. The number of thiophene rings is 8. The molecular formula is C114H167BBr2N4O5PS12Sn2. The normalized spacial score (nSPS) is 12.5. The van der Waals surface area contributed by atoms with Crippen molar-refractivity contribution < 1.29 is 23.8 Å². The van der Waals surface area contributed by atoms with E-state index in [2.05, 4.69) is 207 Å².